The Bertz CT molecular complexity index is 1020. The number of thiophene rings is 1. The maximum Gasteiger partial charge on any atom is 0.418 e. The number of amides is 1. The van der Waals surface area contributed by atoms with E-state index in [1.54, 1.807) is 18.4 Å². The standard InChI is InChI=1S/C19H21ClF3N3O3S2/c1-12(18(27)24-16-5-4-13(20)11-15(16)19(21,22)23)26-8-6-14(7-9-26)25-31(28,29)17-3-2-10-30-17/h2-5,10-12,14,25H,6-9H2,1H3,(H,24,27)/t12-/m1/s1. The van der Waals surface area contributed by atoms with Crippen LogP contribution in [0.3, 0.4) is 0 Å². The average molecular weight is 496 g/mol. The molecule has 1 aliphatic heterocycles. The maximum absolute atomic E-state index is 13.2. The van der Waals surface area contributed by atoms with Crippen LogP contribution in [0.5, 0.6) is 0 Å². The van der Waals surface area contributed by atoms with E-state index in [1.165, 1.54) is 12.1 Å². The predicted molar refractivity (Wildman–Crippen MR) is 114 cm³/mol. The van der Waals surface area contributed by atoms with Gasteiger partial charge in [0.15, 0.2) is 0 Å². The zero-order chi connectivity index (χ0) is 22.8. The van der Waals surface area contributed by atoms with Crippen LogP contribution in [0.4, 0.5) is 18.9 Å². The molecule has 1 aromatic heterocycles. The Hall–Kier alpha value is -1.66. The third-order valence-corrected chi connectivity index (χ3v) is 8.24. The number of halogens is 4. The Labute approximate surface area is 187 Å². The number of sulfonamides is 1. The quantitative estimate of drug-likeness (QED) is 0.630. The van der Waals surface area contributed by atoms with Gasteiger partial charge in [0.1, 0.15) is 4.21 Å². The van der Waals surface area contributed by atoms with E-state index in [9.17, 15) is 26.4 Å². The van der Waals surface area contributed by atoms with E-state index < -0.39 is 33.7 Å². The second-order valence-corrected chi connectivity index (χ2v) is 10.5. The number of carbonyl (C=O) groups is 1. The Kier molecular flexibility index (Phi) is 7.32. The lowest BCUT2D eigenvalue weighted by Crippen LogP contribution is -2.50. The summed E-state index contributed by atoms with van der Waals surface area (Å²) in [7, 11) is -3.58. The molecule has 1 atom stereocenters. The van der Waals surface area contributed by atoms with Crippen LogP contribution < -0.4 is 10.0 Å². The molecule has 1 fully saturated rings. The van der Waals surface area contributed by atoms with Gasteiger partial charge in [0, 0.05) is 24.2 Å². The number of carbonyl (C=O) groups excluding carboxylic acids is 1. The van der Waals surface area contributed by atoms with Gasteiger partial charge in [-0.2, -0.15) is 13.2 Å². The summed E-state index contributed by atoms with van der Waals surface area (Å²) in [5, 5.41) is 3.94. The molecule has 3 rings (SSSR count). The molecule has 31 heavy (non-hydrogen) atoms. The fraction of sp³-hybridized carbons (Fsp3) is 0.421. The van der Waals surface area contributed by atoms with Gasteiger partial charge in [0.25, 0.3) is 0 Å². The van der Waals surface area contributed by atoms with Crippen molar-refractivity contribution in [3.8, 4) is 0 Å². The first-order valence-corrected chi connectivity index (χ1v) is 12.2. The molecule has 0 radical (unpaired) electrons. The summed E-state index contributed by atoms with van der Waals surface area (Å²) < 4.78 is 67.3. The highest BCUT2D eigenvalue weighted by molar-refractivity contribution is 7.91. The zero-order valence-electron chi connectivity index (χ0n) is 16.4. The van der Waals surface area contributed by atoms with Crippen LogP contribution in [0, 0.1) is 0 Å². The van der Waals surface area contributed by atoms with Crippen molar-refractivity contribution in [1.82, 2.24) is 9.62 Å². The second kappa shape index (κ2) is 9.45. The van der Waals surface area contributed by atoms with Gasteiger partial charge in [-0.15, -0.1) is 11.3 Å². The van der Waals surface area contributed by atoms with Crippen LogP contribution in [0.2, 0.25) is 5.02 Å². The van der Waals surface area contributed by atoms with Gasteiger partial charge < -0.3 is 5.32 Å². The van der Waals surface area contributed by atoms with Crippen LogP contribution >= 0.6 is 22.9 Å². The van der Waals surface area contributed by atoms with Crippen molar-refractivity contribution in [2.45, 2.75) is 42.2 Å². The number of nitrogens with one attached hydrogen (secondary N) is 2. The van der Waals surface area contributed by atoms with E-state index in [0.717, 1.165) is 23.5 Å². The van der Waals surface area contributed by atoms with Crippen molar-refractivity contribution in [3.05, 3.63) is 46.3 Å². The fourth-order valence-corrected chi connectivity index (χ4v) is 5.85. The summed E-state index contributed by atoms with van der Waals surface area (Å²) in [6.07, 6.45) is -3.69. The molecular weight excluding hydrogens is 475 g/mol. The number of benzene rings is 1. The molecule has 2 N–H and O–H groups in total. The van der Waals surface area contributed by atoms with Crippen LogP contribution in [-0.4, -0.2) is 44.4 Å². The van der Waals surface area contributed by atoms with Gasteiger partial charge in [0.2, 0.25) is 15.9 Å². The summed E-state index contributed by atoms with van der Waals surface area (Å²) in [6.45, 7) is 2.46. The molecule has 2 heterocycles. The first kappa shape index (κ1) is 24.0. The lowest BCUT2D eigenvalue weighted by Gasteiger charge is -2.35. The number of hydrogen-bond acceptors (Lipinski definition) is 5. The maximum atomic E-state index is 13.2. The van der Waals surface area contributed by atoms with Crippen LogP contribution in [0.25, 0.3) is 0 Å². The summed E-state index contributed by atoms with van der Waals surface area (Å²) in [6, 6.07) is 5.41. The number of likely N-dealkylation sites (tertiary alicyclic amines) is 1. The van der Waals surface area contributed by atoms with Gasteiger partial charge in [-0.1, -0.05) is 17.7 Å². The SMILES string of the molecule is C[C@H](C(=O)Nc1ccc(Cl)cc1C(F)(F)F)N1CCC(NS(=O)(=O)c2cccs2)CC1. The molecule has 6 nitrogen and oxygen atoms in total. The van der Waals surface area contributed by atoms with E-state index in [-0.39, 0.29) is 21.0 Å². The van der Waals surface area contributed by atoms with Gasteiger partial charge in [-0.3, -0.25) is 9.69 Å². The number of nitrogens with zero attached hydrogens (tertiary/aromatic N) is 1. The molecule has 1 saturated heterocycles. The largest absolute Gasteiger partial charge is 0.418 e. The van der Waals surface area contributed by atoms with Crippen molar-refractivity contribution in [3.63, 3.8) is 0 Å². The molecule has 2 aromatic rings. The van der Waals surface area contributed by atoms with Crippen molar-refractivity contribution in [2.75, 3.05) is 18.4 Å². The van der Waals surface area contributed by atoms with Gasteiger partial charge in [-0.25, -0.2) is 13.1 Å². The Morgan fingerprint density at radius 2 is 1.94 bits per heavy atom. The van der Waals surface area contributed by atoms with E-state index in [1.807, 2.05) is 4.90 Å². The highest BCUT2D eigenvalue weighted by Crippen LogP contribution is 2.36. The highest BCUT2D eigenvalue weighted by Gasteiger charge is 2.35. The number of hydrogen-bond donors (Lipinski definition) is 2. The normalized spacial score (nSPS) is 17.5. The zero-order valence-corrected chi connectivity index (χ0v) is 18.8. The number of alkyl halides is 3. The van der Waals surface area contributed by atoms with Crippen LogP contribution in [0.15, 0.2) is 39.9 Å². The summed E-state index contributed by atoms with van der Waals surface area (Å²) in [4.78, 5) is 14.4. The molecule has 1 aromatic carbocycles. The lowest BCUT2D eigenvalue weighted by molar-refractivity contribution is -0.137. The predicted octanol–water partition coefficient (Wildman–Crippen LogP) is 4.19. The molecule has 0 bridgehead atoms. The van der Waals surface area contributed by atoms with E-state index in [0.29, 0.717) is 25.9 Å². The average Bonchev–Trinajstić information content (AvgIpc) is 3.24. The highest BCUT2D eigenvalue weighted by atomic mass is 35.5. The number of rotatable bonds is 6. The van der Waals surface area contributed by atoms with Crippen molar-refractivity contribution in [2.24, 2.45) is 0 Å². The monoisotopic (exact) mass is 495 g/mol. The van der Waals surface area contributed by atoms with Crippen LogP contribution in [-0.2, 0) is 21.0 Å². The van der Waals surface area contributed by atoms with Crippen molar-refractivity contribution < 1.29 is 26.4 Å². The van der Waals surface area contributed by atoms with E-state index >= 15 is 0 Å². The minimum atomic E-state index is -4.66. The molecule has 0 aliphatic carbocycles. The molecule has 1 aliphatic rings. The molecule has 1 amide bonds. The topological polar surface area (TPSA) is 78.5 Å². The summed E-state index contributed by atoms with van der Waals surface area (Å²) in [5.41, 5.74) is -1.37. The van der Waals surface area contributed by atoms with Gasteiger partial charge in [-0.05, 0) is 49.4 Å². The van der Waals surface area contributed by atoms with E-state index in [4.69, 9.17) is 11.6 Å². The third kappa shape index (κ3) is 5.98. The minimum Gasteiger partial charge on any atom is -0.324 e. The second-order valence-electron chi connectivity index (χ2n) is 7.22. The summed E-state index contributed by atoms with van der Waals surface area (Å²) >= 11 is 6.80. The molecule has 12 heteroatoms. The van der Waals surface area contributed by atoms with Gasteiger partial charge in [0.05, 0.1) is 17.3 Å². The third-order valence-electron chi connectivity index (χ3n) is 5.08. The van der Waals surface area contributed by atoms with Crippen molar-refractivity contribution in [1.29, 1.82) is 0 Å². The number of anilines is 1. The van der Waals surface area contributed by atoms with Crippen LogP contribution in [0.1, 0.15) is 25.3 Å². The fourth-order valence-electron chi connectivity index (χ4n) is 3.36. The summed E-state index contributed by atoms with van der Waals surface area (Å²) in [5.74, 6) is -0.578. The Morgan fingerprint density at radius 3 is 2.52 bits per heavy atom. The minimum absolute atomic E-state index is 0.0783. The van der Waals surface area contributed by atoms with E-state index in [2.05, 4.69) is 10.0 Å². The first-order chi connectivity index (χ1) is 14.5. The Balaban J connectivity index is 1.59. The molecule has 0 saturated carbocycles. The van der Waals surface area contributed by atoms with Crippen molar-refractivity contribution >= 4 is 44.6 Å². The first-order valence-electron chi connectivity index (χ1n) is 9.45. The van der Waals surface area contributed by atoms with Gasteiger partial charge >= 0.3 is 6.18 Å². The lowest BCUT2D eigenvalue weighted by atomic mass is 10.0. The Morgan fingerprint density at radius 1 is 1.26 bits per heavy atom. The molecule has 0 spiro atoms. The molecule has 0 unspecified atom stereocenters. The smallest absolute Gasteiger partial charge is 0.324 e. The molecular formula is C19H21ClF3N3O3S2. The number of piperidine rings is 1. The molecule has 170 valence electrons.